The van der Waals surface area contributed by atoms with Crippen molar-refractivity contribution in [3.8, 4) is 0 Å². The molecule has 1 heterocycles. The first-order chi connectivity index (χ1) is 12.2. The summed E-state index contributed by atoms with van der Waals surface area (Å²) in [5.41, 5.74) is -9.99. The maximum atomic E-state index is 12.4. The lowest BCUT2D eigenvalue weighted by Crippen LogP contribution is -2.87. The number of carbonyl (C=O) groups is 4. The molecule has 154 valence electrons. The molecule has 10 nitrogen and oxygen atoms in total. The van der Waals surface area contributed by atoms with E-state index >= 15 is 0 Å². The molecule has 0 saturated carbocycles. The number of hydrogen-bond acceptors (Lipinski definition) is 10. The van der Waals surface area contributed by atoms with Gasteiger partial charge in [-0.25, -0.2) is 0 Å². The van der Waals surface area contributed by atoms with Gasteiger partial charge in [0.05, 0.1) is 6.61 Å². The van der Waals surface area contributed by atoms with Crippen LogP contribution in [0.3, 0.4) is 0 Å². The fourth-order valence-corrected chi connectivity index (χ4v) is 3.42. The van der Waals surface area contributed by atoms with Crippen LogP contribution in [0, 0.1) is 0 Å². The average molecular weight is 455 g/mol. The minimum atomic E-state index is -3.46. The third-order valence-electron chi connectivity index (χ3n) is 4.76. The highest BCUT2D eigenvalue weighted by molar-refractivity contribution is 9.09. The highest BCUT2D eigenvalue weighted by Gasteiger charge is 2.79. The van der Waals surface area contributed by atoms with Crippen molar-refractivity contribution < 1.29 is 49.1 Å². The summed E-state index contributed by atoms with van der Waals surface area (Å²) in [5.74, 6) is -4.88. The van der Waals surface area contributed by atoms with E-state index in [0.717, 1.165) is 27.7 Å². The van der Waals surface area contributed by atoms with E-state index in [0.29, 0.717) is 0 Å². The zero-order chi connectivity index (χ0) is 21.4. The van der Waals surface area contributed by atoms with Crippen molar-refractivity contribution in [2.75, 3.05) is 11.9 Å². The number of alkyl halides is 1. The topological polar surface area (TPSA) is 168 Å². The monoisotopic (exact) mass is 454 g/mol. The van der Waals surface area contributed by atoms with Gasteiger partial charge in [0.15, 0.2) is 35.0 Å². The van der Waals surface area contributed by atoms with E-state index in [1.165, 1.54) is 0 Å². The second-order valence-corrected chi connectivity index (χ2v) is 7.21. The molecule has 0 aromatic carbocycles. The van der Waals surface area contributed by atoms with Gasteiger partial charge in [-0.05, 0) is 27.7 Å². The van der Waals surface area contributed by atoms with Crippen molar-refractivity contribution in [1.82, 2.24) is 0 Å². The standard InChI is InChI=1S/C16H23BrO10/c1-7(18)11(22)12-14(23,8(2)19)16(25,10(4)21)15(24,9(3)20)13(27-12)26-6-5-17/h11-13,22-25H,5-6H2,1-4H3/t11?,12-,13+,14-,15-,16+/m1/s1. The Kier molecular flexibility index (Phi) is 7.20. The SMILES string of the molecule is CC(=O)C(O)[C@H]1O[C@H](OCCBr)[C@](O)(C(C)=O)[C@](O)(C(C)=O)[C@@]1(O)C(C)=O. The van der Waals surface area contributed by atoms with E-state index in [1.807, 2.05) is 0 Å². The number of aliphatic hydroxyl groups is 4. The maximum Gasteiger partial charge on any atom is 0.213 e. The minimum Gasteiger partial charge on any atom is -0.382 e. The number of ketones is 4. The molecular weight excluding hydrogens is 432 g/mol. The largest absolute Gasteiger partial charge is 0.382 e. The summed E-state index contributed by atoms with van der Waals surface area (Å²) in [7, 11) is 0. The van der Waals surface area contributed by atoms with Crippen molar-refractivity contribution in [3.05, 3.63) is 0 Å². The first-order valence-electron chi connectivity index (χ1n) is 7.96. The van der Waals surface area contributed by atoms with Crippen LogP contribution in [0.15, 0.2) is 0 Å². The van der Waals surface area contributed by atoms with Crippen LogP contribution in [-0.2, 0) is 28.7 Å². The molecule has 0 aliphatic carbocycles. The fraction of sp³-hybridized carbons (Fsp3) is 0.750. The Labute approximate surface area is 163 Å². The van der Waals surface area contributed by atoms with Crippen LogP contribution in [0.4, 0.5) is 0 Å². The third-order valence-corrected chi connectivity index (χ3v) is 5.08. The first kappa shape index (κ1) is 24.0. The smallest absolute Gasteiger partial charge is 0.213 e. The van der Waals surface area contributed by atoms with Gasteiger partial charge in [0, 0.05) is 5.33 Å². The van der Waals surface area contributed by atoms with Crippen LogP contribution in [0.1, 0.15) is 27.7 Å². The molecule has 6 atom stereocenters. The van der Waals surface area contributed by atoms with Crippen molar-refractivity contribution in [2.24, 2.45) is 0 Å². The van der Waals surface area contributed by atoms with Gasteiger partial charge in [-0.15, -0.1) is 0 Å². The zero-order valence-corrected chi connectivity index (χ0v) is 16.8. The lowest BCUT2D eigenvalue weighted by Gasteiger charge is -2.57. The van der Waals surface area contributed by atoms with Crippen LogP contribution in [0.5, 0.6) is 0 Å². The molecule has 1 aliphatic rings. The van der Waals surface area contributed by atoms with Gasteiger partial charge < -0.3 is 29.9 Å². The van der Waals surface area contributed by atoms with E-state index in [-0.39, 0.29) is 11.9 Å². The fourth-order valence-electron chi connectivity index (χ4n) is 3.24. The van der Waals surface area contributed by atoms with Crippen LogP contribution in [-0.4, -0.2) is 90.8 Å². The molecule has 0 spiro atoms. The third kappa shape index (κ3) is 3.31. The average Bonchev–Trinajstić information content (AvgIpc) is 2.57. The first-order valence-corrected chi connectivity index (χ1v) is 9.08. The van der Waals surface area contributed by atoms with Gasteiger partial charge in [-0.3, -0.25) is 19.2 Å². The summed E-state index contributed by atoms with van der Waals surface area (Å²) in [6.45, 7) is 3.00. The van der Waals surface area contributed by atoms with Crippen molar-refractivity contribution in [3.63, 3.8) is 0 Å². The Balaban J connectivity index is 3.87. The molecule has 1 aliphatic heterocycles. The van der Waals surface area contributed by atoms with E-state index in [4.69, 9.17) is 9.47 Å². The molecule has 0 aromatic rings. The number of Topliss-reactive ketones (excluding diaryl/α,β-unsaturated/α-hetero) is 4. The van der Waals surface area contributed by atoms with Gasteiger partial charge in [0.2, 0.25) is 11.2 Å². The van der Waals surface area contributed by atoms with E-state index in [1.54, 1.807) is 0 Å². The molecule has 1 rings (SSSR count). The van der Waals surface area contributed by atoms with Crippen molar-refractivity contribution >= 4 is 39.1 Å². The number of hydrogen-bond donors (Lipinski definition) is 4. The maximum absolute atomic E-state index is 12.4. The summed E-state index contributed by atoms with van der Waals surface area (Å²) in [6.07, 6.45) is -6.43. The second-order valence-electron chi connectivity index (χ2n) is 6.42. The van der Waals surface area contributed by atoms with Crippen molar-refractivity contribution in [1.29, 1.82) is 0 Å². The molecule has 0 bridgehead atoms. The van der Waals surface area contributed by atoms with Crippen LogP contribution < -0.4 is 0 Å². The predicted octanol–water partition coefficient (Wildman–Crippen LogP) is -1.97. The summed E-state index contributed by atoms with van der Waals surface area (Å²) < 4.78 is 10.4. The Morgan fingerprint density at radius 1 is 1.00 bits per heavy atom. The highest BCUT2D eigenvalue weighted by atomic mass is 79.9. The van der Waals surface area contributed by atoms with Crippen molar-refractivity contribution in [2.45, 2.75) is 63.0 Å². The quantitative estimate of drug-likeness (QED) is 0.302. The lowest BCUT2D eigenvalue weighted by molar-refractivity contribution is -0.371. The minimum absolute atomic E-state index is 0.185. The molecule has 0 aromatic heterocycles. The number of ether oxygens (including phenoxy) is 2. The van der Waals surface area contributed by atoms with E-state index < -0.39 is 58.4 Å². The molecule has 27 heavy (non-hydrogen) atoms. The Morgan fingerprint density at radius 2 is 1.48 bits per heavy atom. The van der Waals surface area contributed by atoms with Crippen LogP contribution in [0.25, 0.3) is 0 Å². The van der Waals surface area contributed by atoms with Gasteiger partial charge in [0.1, 0.15) is 12.2 Å². The molecule has 1 fully saturated rings. The van der Waals surface area contributed by atoms with Gasteiger partial charge in [-0.1, -0.05) is 15.9 Å². The Hall–Kier alpha value is -1.08. The number of aliphatic hydroxyl groups excluding tert-OH is 1. The van der Waals surface area contributed by atoms with E-state index in [2.05, 4.69) is 15.9 Å². The molecule has 1 saturated heterocycles. The predicted molar refractivity (Wildman–Crippen MR) is 92.0 cm³/mol. The van der Waals surface area contributed by atoms with E-state index in [9.17, 15) is 39.6 Å². The molecule has 4 N–H and O–H groups in total. The molecular formula is C16H23BrO10. The molecule has 11 heteroatoms. The van der Waals surface area contributed by atoms with Gasteiger partial charge in [-0.2, -0.15) is 0 Å². The van der Waals surface area contributed by atoms with Gasteiger partial charge in [0.25, 0.3) is 0 Å². The lowest BCUT2D eigenvalue weighted by atomic mass is 9.60. The summed E-state index contributed by atoms with van der Waals surface area (Å²) in [4.78, 5) is 48.5. The molecule has 0 radical (unpaired) electrons. The normalized spacial score (nSPS) is 37.5. The molecule has 0 amide bonds. The van der Waals surface area contributed by atoms with Gasteiger partial charge >= 0.3 is 0 Å². The Morgan fingerprint density at radius 3 is 1.81 bits per heavy atom. The van der Waals surface area contributed by atoms with Crippen LogP contribution >= 0.6 is 15.9 Å². The summed E-state index contributed by atoms with van der Waals surface area (Å²) in [6, 6.07) is 0. The second kappa shape index (κ2) is 8.11. The van der Waals surface area contributed by atoms with Crippen LogP contribution in [0.2, 0.25) is 0 Å². The number of halogens is 1. The Bertz CT molecular complexity index is 651. The summed E-state index contributed by atoms with van der Waals surface area (Å²) >= 11 is 3.04. The highest BCUT2D eigenvalue weighted by Crippen LogP contribution is 2.47. The zero-order valence-electron chi connectivity index (χ0n) is 15.3. The number of rotatable bonds is 8. The number of carbonyl (C=O) groups excluding carboxylic acids is 4. The molecule has 1 unspecified atom stereocenters. The summed E-state index contributed by atoms with van der Waals surface area (Å²) in [5, 5.41) is 43.5.